The number of carbonyl (C=O) groups is 1. The lowest BCUT2D eigenvalue weighted by Crippen LogP contribution is -2.16. The summed E-state index contributed by atoms with van der Waals surface area (Å²) in [7, 11) is 3.19. The number of ether oxygens (including phenoxy) is 2. The number of nitrogens with zero attached hydrogens (tertiary/aromatic N) is 3. The Morgan fingerprint density at radius 2 is 1.78 bits per heavy atom. The highest BCUT2D eigenvalue weighted by Gasteiger charge is 2.18. The molecule has 2 heterocycles. The van der Waals surface area contributed by atoms with Gasteiger partial charge in [-0.2, -0.15) is 9.78 Å². The van der Waals surface area contributed by atoms with E-state index in [-0.39, 0.29) is 5.91 Å². The van der Waals surface area contributed by atoms with E-state index < -0.39 is 0 Å². The van der Waals surface area contributed by atoms with Crippen LogP contribution in [-0.4, -0.2) is 34.9 Å². The number of hydrogen-bond donors (Lipinski definition) is 1. The molecule has 0 unspecified atom stereocenters. The first-order chi connectivity index (χ1) is 15.6. The van der Waals surface area contributed by atoms with Crippen LogP contribution in [0.5, 0.6) is 11.5 Å². The molecule has 160 valence electrons. The van der Waals surface area contributed by atoms with E-state index in [1.54, 1.807) is 18.9 Å². The number of thiazole rings is 1. The van der Waals surface area contributed by atoms with Crippen molar-refractivity contribution in [1.29, 1.82) is 0 Å². The maximum atomic E-state index is 13.2. The van der Waals surface area contributed by atoms with E-state index in [0.717, 1.165) is 32.4 Å². The van der Waals surface area contributed by atoms with Crippen LogP contribution in [0.15, 0.2) is 60.7 Å². The van der Waals surface area contributed by atoms with Crippen molar-refractivity contribution >= 4 is 44.1 Å². The number of rotatable bonds is 5. The molecule has 0 atom stereocenters. The van der Waals surface area contributed by atoms with Crippen LogP contribution in [-0.2, 0) is 0 Å². The number of methoxy groups -OCH3 is 2. The fourth-order valence-electron chi connectivity index (χ4n) is 3.59. The summed E-state index contributed by atoms with van der Waals surface area (Å²) in [5.74, 6) is 1.53. The van der Waals surface area contributed by atoms with E-state index in [9.17, 15) is 4.79 Å². The van der Waals surface area contributed by atoms with Crippen LogP contribution in [0.1, 0.15) is 16.1 Å². The predicted molar refractivity (Wildman–Crippen MR) is 126 cm³/mol. The second kappa shape index (κ2) is 7.97. The topological polar surface area (TPSA) is 78.3 Å². The molecule has 0 aliphatic carbocycles. The fraction of sp³-hybridized carbons (Fsp3) is 0.125. The van der Waals surface area contributed by atoms with Crippen molar-refractivity contribution in [1.82, 2.24) is 14.8 Å². The van der Waals surface area contributed by atoms with Gasteiger partial charge in [0.15, 0.2) is 0 Å². The van der Waals surface area contributed by atoms with Crippen molar-refractivity contribution in [2.75, 3.05) is 19.5 Å². The number of carbonyl (C=O) groups excluding carboxylic acids is 1. The molecule has 3 aromatic carbocycles. The van der Waals surface area contributed by atoms with E-state index >= 15 is 0 Å². The molecule has 0 aliphatic rings. The lowest BCUT2D eigenvalue weighted by atomic mass is 10.1. The molecule has 7 nitrogen and oxygen atoms in total. The molecule has 2 aromatic heterocycles. The summed E-state index contributed by atoms with van der Waals surface area (Å²) in [4.78, 5) is 17.9. The second-order valence-corrected chi connectivity index (χ2v) is 8.28. The monoisotopic (exact) mass is 444 g/mol. The quantitative estimate of drug-likeness (QED) is 0.402. The highest BCUT2D eigenvalue weighted by Crippen LogP contribution is 2.31. The largest absolute Gasteiger partial charge is 0.497 e. The minimum atomic E-state index is -0.281. The highest BCUT2D eigenvalue weighted by atomic mass is 32.1. The molecule has 0 aliphatic heterocycles. The molecule has 1 amide bonds. The molecule has 8 heteroatoms. The average molecular weight is 445 g/mol. The number of benzene rings is 3. The van der Waals surface area contributed by atoms with Crippen LogP contribution < -0.4 is 14.8 Å². The van der Waals surface area contributed by atoms with Gasteiger partial charge in [-0.25, -0.2) is 4.98 Å². The zero-order chi connectivity index (χ0) is 22.2. The van der Waals surface area contributed by atoms with Crippen LogP contribution in [0, 0.1) is 6.92 Å². The molecule has 0 radical (unpaired) electrons. The molecular weight excluding hydrogens is 424 g/mol. The van der Waals surface area contributed by atoms with Gasteiger partial charge in [-0.05, 0) is 48.0 Å². The van der Waals surface area contributed by atoms with Crippen LogP contribution in [0.4, 0.5) is 5.82 Å². The number of aryl methyl sites for hydroxylation is 1. The van der Waals surface area contributed by atoms with Gasteiger partial charge in [0.1, 0.15) is 17.3 Å². The Balaban J connectivity index is 1.52. The van der Waals surface area contributed by atoms with Gasteiger partial charge in [-0.3, -0.25) is 4.79 Å². The lowest BCUT2D eigenvalue weighted by Gasteiger charge is -2.11. The molecule has 0 saturated heterocycles. The Hall–Kier alpha value is -3.91. The SMILES string of the molecule is COc1ccc2nc(-n3nc(C)cc3NC(=O)c3cc4ccccc4cc3OC)sc2c1. The minimum absolute atomic E-state index is 0.281. The summed E-state index contributed by atoms with van der Waals surface area (Å²) in [5.41, 5.74) is 2.06. The standard InChI is InChI=1S/C24H20N4O3S/c1-14-10-22(28(27-14)24-25-19-9-8-17(30-2)13-21(19)32-24)26-23(29)18-11-15-6-4-5-7-16(15)12-20(18)31-3/h4-13H,1-3H3,(H,26,29). The summed E-state index contributed by atoms with van der Waals surface area (Å²) >= 11 is 1.47. The Morgan fingerprint density at radius 3 is 2.53 bits per heavy atom. The Bertz CT molecular complexity index is 1470. The van der Waals surface area contributed by atoms with Crippen molar-refractivity contribution in [3.8, 4) is 16.6 Å². The van der Waals surface area contributed by atoms with Crippen LogP contribution >= 0.6 is 11.3 Å². The summed E-state index contributed by atoms with van der Waals surface area (Å²) in [6.07, 6.45) is 0. The number of aromatic nitrogens is 3. The van der Waals surface area contributed by atoms with E-state index in [2.05, 4.69) is 15.4 Å². The molecule has 1 N–H and O–H groups in total. The Kier molecular flexibility index (Phi) is 4.99. The zero-order valence-corrected chi connectivity index (χ0v) is 18.6. The maximum absolute atomic E-state index is 13.2. The van der Waals surface area contributed by atoms with E-state index in [1.165, 1.54) is 11.3 Å². The molecule has 0 saturated carbocycles. The molecule has 0 bridgehead atoms. The zero-order valence-electron chi connectivity index (χ0n) is 17.7. The van der Waals surface area contributed by atoms with Gasteiger partial charge < -0.3 is 14.8 Å². The van der Waals surface area contributed by atoms with Gasteiger partial charge in [0.05, 0.1) is 35.7 Å². The number of nitrogens with one attached hydrogen (secondary N) is 1. The van der Waals surface area contributed by atoms with Crippen LogP contribution in [0.2, 0.25) is 0 Å². The molecule has 0 fully saturated rings. The highest BCUT2D eigenvalue weighted by molar-refractivity contribution is 7.20. The van der Waals surface area contributed by atoms with E-state index in [0.29, 0.717) is 22.3 Å². The molecular formula is C24H20N4O3S. The van der Waals surface area contributed by atoms with Crippen molar-refractivity contribution in [3.63, 3.8) is 0 Å². The fourth-order valence-corrected chi connectivity index (χ4v) is 4.55. The van der Waals surface area contributed by atoms with Gasteiger partial charge in [0.2, 0.25) is 5.13 Å². The average Bonchev–Trinajstić information content (AvgIpc) is 3.40. The smallest absolute Gasteiger partial charge is 0.260 e. The first-order valence-electron chi connectivity index (χ1n) is 9.95. The van der Waals surface area contributed by atoms with Gasteiger partial charge in [0, 0.05) is 6.07 Å². The van der Waals surface area contributed by atoms with Crippen molar-refractivity contribution in [2.45, 2.75) is 6.92 Å². The van der Waals surface area contributed by atoms with Crippen LogP contribution in [0.25, 0.3) is 26.1 Å². The number of fused-ring (bicyclic) bond motifs is 2. The van der Waals surface area contributed by atoms with Gasteiger partial charge >= 0.3 is 0 Å². The maximum Gasteiger partial charge on any atom is 0.260 e. The van der Waals surface area contributed by atoms with Gasteiger partial charge in [-0.1, -0.05) is 35.6 Å². The Morgan fingerprint density at radius 1 is 1.00 bits per heavy atom. The second-order valence-electron chi connectivity index (χ2n) is 7.27. The van der Waals surface area contributed by atoms with Gasteiger partial charge in [0.25, 0.3) is 5.91 Å². The summed E-state index contributed by atoms with van der Waals surface area (Å²) in [6.45, 7) is 1.87. The number of hydrogen-bond acceptors (Lipinski definition) is 6. The number of amides is 1. The van der Waals surface area contributed by atoms with Gasteiger partial charge in [-0.15, -0.1) is 0 Å². The van der Waals surface area contributed by atoms with Crippen molar-refractivity contribution in [3.05, 3.63) is 71.9 Å². The van der Waals surface area contributed by atoms with E-state index in [1.807, 2.05) is 67.6 Å². The Labute approximate surface area is 188 Å². The normalized spacial score (nSPS) is 11.1. The third-order valence-corrected chi connectivity index (χ3v) is 6.14. The minimum Gasteiger partial charge on any atom is -0.497 e. The summed E-state index contributed by atoms with van der Waals surface area (Å²) in [5, 5.41) is 10.1. The third-order valence-electron chi connectivity index (χ3n) is 5.15. The van der Waals surface area contributed by atoms with Crippen molar-refractivity contribution < 1.29 is 14.3 Å². The molecule has 32 heavy (non-hydrogen) atoms. The number of anilines is 1. The predicted octanol–water partition coefficient (Wildman–Crippen LogP) is 5.21. The summed E-state index contributed by atoms with van der Waals surface area (Å²) < 4.78 is 13.4. The molecule has 0 spiro atoms. The van der Waals surface area contributed by atoms with Crippen molar-refractivity contribution in [2.24, 2.45) is 0 Å². The first kappa shape index (κ1) is 20.0. The molecule has 5 aromatic rings. The molecule has 5 rings (SSSR count). The van der Waals surface area contributed by atoms with Crippen LogP contribution in [0.3, 0.4) is 0 Å². The third kappa shape index (κ3) is 3.54. The van der Waals surface area contributed by atoms with E-state index in [4.69, 9.17) is 9.47 Å². The first-order valence-corrected chi connectivity index (χ1v) is 10.8. The lowest BCUT2D eigenvalue weighted by molar-refractivity contribution is 0.102. The summed E-state index contributed by atoms with van der Waals surface area (Å²) in [6, 6.07) is 19.1.